The number of carbonyl (C=O) groups is 1. The molecule has 80 valence electrons. The molecule has 1 aromatic carbocycles. The van der Waals surface area contributed by atoms with Crippen molar-refractivity contribution in [3.63, 3.8) is 0 Å². The van der Waals surface area contributed by atoms with Gasteiger partial charge in [0.15, 0.2) is 0 Å². The van der Waals surface area contributed by atoms with Gasteiger partial charge in [0.2, 0.25) is 5.91 Å². The maximum Gasteiger partial charge on any atom is 0.224 e. The van der Waals surface area contributed by atoms with Gasteiger partial charge in [0.1, 0.15) is 0 Å². The fraction of sp³-hybridized carbons (Fsp3) is 0.364. The number of likely N-dealkylation sites (tertiary alicyclic amines) is 1. The lowest BCUT2D eigenvalue weighted by Gasteiger charge is -2.16. The molecule has 1 aromatic rings. The number of amides is 1. The van der Waals surface area contributed by atoms with Crippen LogP contribution in [0.25, 0.3) is 0 Å². The van der Waals surface area contributed by atoms with E-state index in [2.05, 4.69) is 0 Å². The van der Waals surface area contributed by atoms with Gasteiger partial charge in [-0.2, -0.15) is 0 Å². The van der Waals surface area contributed by atoms with Crippen LogP contribution in [0.2, 0.25) is 5.02 Å². The zero-order chi connectivity index (χ0) is 10.8. The molecule has 0 aliphatic carbocycles. The Morgan fingerprint density at radius 1 is 1.40 bits per heavy atom. The molecule has 0 N–H and O–H groups in total. The summed E-state index contributed by atoms with van der Waals surface area (Å²) in [6.45, 7) is 1.17. The summed E-state index contributed by atoms with van der Waals surface area (Å²) in [5.41, 5.74) is 0.971. The summed E-state index contributed by atoms with van der Waals surface area (Å²) in [7, 11) is 0. The van der Waals surface area contributed by atoms with E-state index < -0.39 is 0 Å². The number of halogens is 2. The van der Waals surface area contributed by atoms with Crippen molar-refractivity contribution in [1.82, 2.24) is 4.90 Å². The van der Waals surface area contributed by atoms with Crippen molar-refractivity contribution in [3.8, 4) is 0 Å². The molecule has 1 heterocycles. The van der Waals surface area contributed by atoms with E-state index in [1.54, 1.807) is 4.90 Å². The molecule has 0 spiro atoms. The van der Waals surface area contributed by atoms with Crippen LogP contribution in [-0.4, -0.2) is 22.7 Å². The van der Waals surface area contributed by atoms with Gasteiger partial charge in [-0.1, -0.05) is 29.8 Å². The van der Waals surface area contributed by atoms with Crippen molar-refractivity contribution in [2.24, 2.45) is 0 Å². The summed E-state index contributed by atoms with van der Waals surface area (Å²) < 4.78 is 0. The predicted octanol–water partition coefficient (Wildman–Crippen LogP) is 2.68. The van der Waals surface area contributed by atoms with Crippen molar-refractivity contribution in [2.45, 2.75) is 18.3 Å². The number of alkyl halides is 1. The van der Waals surface area contributed by atoms with E-state index in [0.717, 1.165) is 5.56 Å². The molecule has 0 aromatic heterocycles. The minimum atomic E-state index is -0.0556. The van der Waals surface area contributed by atoms with Crippen LogP contribution in [0.3, 0.4) is 0 Å². The summed E-state index contributed by atoms with van der Waals surface area (Å²) in [4.78, 5) is 13.2. The van der Waals surface area contributed by atoms with Crippen LogP contribution in [0.15, 0.2) is 24.3 Å². The van der Waals surface area contributed by atoms with Gasteiger partial charge >= 0.3 is 0 Å². The smallest absolute Gasteiger partial charge is 0.224 e. The third kappa shape index (κ3) is 2.44. The minimum absolute atomic E-state index is 0.0556. The number of carbonyl (C=O) groups excluding carboxylic acids is 1. The first kappa shape index (κ1) is 10.8. The first-order chi connectivity index (χ1) is 7.16. The average molecular weight is 244 g/mol. The zero-order valence-corrected chi connectivity index (χ0v) is 9.63. The quantitative estimate of drug-likeness (QED) is 0.732. The molecule has 0 radical (unpaired) electrons. The summed E-state index contributed by atoms with van der Waals surface area (Å²) in [6, 6.07) is 7.55. The molecule has 1 atom stereocenters. The van der Waals surface area contributed by atoms with Crippen molar-refractivity contribution in [2.75, 3.05) is 6.54 Å². The van der Waals surface area contributed by atoms with Crippen LogP contribution in [0.5, 0.6) is 0 Å². The molecule has 1 saturated heterocycles. The Morgan fingerprint density at radius 2 is 2.13 bits per heavy atom. The normalized spacial score (nSPS) is 21.1. The first-order valence-electron chi connectivity index (χ1n) is 4.82. The highest BCUT2D eigenvalue weighted by molar-refractivity contribution is 6.31. The number of nitrogens with zero attached hydrogens (tertiary/aromatic N) is 1. The molecule has 1 aliphatic rings. The molecular weight excluding hydrogens is 233 g/mol. The van der Waals surface area contributed by atoms with E-state index in [1.165, 1.54) is 0 Å². The summed E-state index contributed by atoms with van der Waals surface area (Å²) in [5, 5.41) is 0.642. The van der Waals surface area contributed by atoms with Crippen LogP contribution < -0.4 is 0 Å². The summed E-state index contributed by atoms with van der Waals surface area (Å²) in [6.07, 6.45) is 0.437. The predicted molar refractivity (Wildman–Crippen MR) is 61.1 cm³/mol. The van der Waals surface area contributed by atoms with Gasteiger partial charge in [0.25, 0.3) is 0 Å². The average Bonchev–Trinajstić information content (AvgIpc) is 2.49. The van der Waals surface area contributed by atoms with Gasteiger partial charge in [-0.15, -0.1) is 11.6 Å². The number of hydrogen-bond donors (Lipinski definition) is 0. The molecule has 0 bridgehead atoms. The second-order valence-electron chi connectivity index (χ2n) is 3.67. The SMILES string of the molecule is O=C1CC(Cl)CN1Cc1ccccc1Cl. The maximum absolute atomic E-state index is 11.5. The third-order valence-electron chi connectivity index (χ3n) is 2.49. The van der Waals surface area contributed by atoms with Gasteiger partial charge in [-0.05, 0) is 11.6 Å². The fourth-order valence-corrected chi connectivity index (χ4v) is 2.20. The van der Waals surface area contributed by atoms with E-state index >= 15 is 0 Å². The highest BCUT2D eigenvalue weighted by Gasteiger charge is 2.28. The molecule has 1 amide bonds. The monoisotopic (exact) mass is 243 g/mol. The van der Waals surface area contributed by atoms with Crippen LogP contribution in [0, 0.1) is 0 Å². The van der Waals surface area contributed by atoms with Gasteiger partial charge in [0.05, 0.1) is 5.38 Å². The standard InChI is InChI=1S/C11H11Cl2NO/c12-9-5-11(15)14(7-9)6-8-3-1-2-4-10(8)13/h1-4,9H,5-7H2. The van der Waals surface area contributed by atoms with Gasteiger partial charge in [0, 0.05) is 24.5 Å². The summed E-state index contributed by atoms with van der Waals surface area (Å²) in [5.74, 6) is 0.106. The molecule has 2 rings (SSSR count). The molecule has 1 aliphatic heterocycles. The topological polar surface area (TPSA) is 20.3 Å². The maximum atomic E-state index is 11.5. The van der Waals surface area contributed by atoms with Crippen LogP contribution in [0.4, 0.5) is 0 Å². The molecule has 2 nitrogen and oxygen atoms in total. The highest BCUT2D eigenvalue weighted by atomic mass is 35.5. The Bertz CT molecular complexity index is 381. The first-order valence-corrected chi connectivity index (χ1v) is 5.63. The molecule has 1 unspecified atom stereocenters. The van der Waals surface area contributed by atoms with Gasteiger partial charge < -0.3 is 4.90 Å². The lowest BCUT2D eigenvalue weighted by Crippen LogP contribution is -2.24. The van der Waals surface area contributed by atoms with E-state index in [0.29, 0.717) is 24.5 Å². The largest absolute Gasteiger partial charge is 0.337 e. The minimum Gasteiger partial charge on any atom is -0.337 e. The van der Waals surface area contributed by atoms with Crippen LogP contribution in [0.1, 0.15) is 12.0 Å². The van der Waals surface area contributed by atoms with E-state index in [-0.39, 0.29) is 11.3 Å². The van der Waals surface area contributed by atoms with Crippen molar-refractivity contribution in [1.29, 1.82) is 0 Å². The fourth-order valence-electron chi connectivity index (χ4n) is 1.71. The number of benzene rings is 1. The van der Waals surface area contributed by atoms with E-state index in [9.17, 15) is 4.79 Å². The van der Waals surface area contributed by atoms with E-state index in [1.807, 2.05) is 24.3 Å². The van der Waals surface area contributed by atoms with Crippen LogP contribution >= 0.6 is 23.2 Å². The van der Waals surface area contributed by atoms with Crippen LogP contribution in [-0.2, 0) is 11.3 Å². The second kappa shape index (κ2) is 4.42. The molecule has 0 saturated carbocycles. The molecule has 1 fully saturated rings. The Morgan fingerprint density at radius 3 is 2.73 bits per heavy atom. The Labute approximate surface area is 98.8 Å². The molecular formula is C11H11Cl2NO. The van der Waals surface area contributed by atoms with Gasteiger partial charge in [-0.25, -0.2) is 0 Å². The lowest BCUT2D eigenvalue weighted by molar-refractivity contribution is -0.128. The second-order valence-corrected chi connectivity index (χ2v) is 4.69. The lowest BCUT2D eigenvalue weighted by atomic mass is 10.2. The molecule has 4 heteroatoms. The Kier molecular flexibility index (Phi) is 3.17. The third-order valence-corrected chi connectivity index (χ3v) is 3.15. The zero-order valence-electron chi connectivity index (χ0n) is 8.12. The van der Waals surface area contributed by atoms with E-state index in [4.69, 9.17) is 23.2 Å². The Hall–Kier alpha value is -0.730. The molecule has 15 heavy (non-hydrogen) atoms. The van der Waals surface area contributed by atoms with Gasteiger partial charge in [-0.3, -0.25) is 4.79 Å². The Balaban J connectivity index is 2.09. The number of hydrogen-bond acceptors (Lipinski definition) is 1. The van der Waals surface area contributed by atoms with Crippen molar-refractivity contribution >= 4 is 29.1 Å². The van der Waals surface area contributed by atoms with Crippen molar-refractivity contribution in [3.05, 3.63) is 34.9 Å². The summed E-state index contributed by atoms with van der Waals surface area (Å²) >= 11 is 11.9. The highest BCUT2D eigenvalue weighted by Crippen LogP contribution is 2.22. The number of rotatable bonds is 2. The van der Waals surface area contributed by atoms with Crippen molar-refractivity contribution < 1.29 is 4.79 Å².